The molecular formula is C21H42O3. The number of aliphatic hydroxyl groups excluding tert-OH is 3. The Morgan fingerprint density at radius 2 is 1.00 bits per heavy atom. The van der Waals surface area contributed by atoms with Crippen LogP contribution < -0.4 is 0 Å². The van der Waals surface area contributed by atoms with Gasteiger partial charge < -0.3 is 15.3 Å². The molecule has 0 aliphatic rings. The Hall–Kier alpha value is -0.380. The fourth-order valence-electron chi connectivity index (χ4n) is 3.88. The highest BCUT2D eigenvalue weighted by Crippen LogP contribution is 2.29. The van der Waals surface area contributed by atoms with Crippen molar-refractivity contribution in [3.05, 3.63) is 12.2 Å². The molecule has 0 radical (unpaired) electrons. The molecule has 0 aromatic heterocycles. The van der Waals surface area contributed by atoms with Gasteiger partial charge in [-0.2, -0.15) is 0 Å². The molecule has 3 heteroatoms. The molecule has 0 saturated carbocycles. The second kappa shape index (κ2) is 11.3. The van der Waals surface area contributed by atoms with E-state index in [1.807, 2.05) is 39.8 Å². The molecule has 0 bridgehead atoms. The van der Waals surface area contributed by atoms with E-state index < -0.39 is 6.10 Å². The summed E-state index contributed by atoms with van der Waals surface area (Å²) in [4.78, 5) is 0. The zero-order valence-electron chi connectivity index (χ0n) is 17.1. The molecule has 0 spiro atoms. The van der Waals surface area contributed by atoms with Crippen LogP contribution in [-0.2, 0) is 0 Å². The standard InChI is InChI=1S/C21H42O3/c1-9-10-14(4)20(23)16(6)12-18(8)21(24)17(7)11-15(5)19(22)13(2)3/h9-10,13-24H,11-12H2,1-8H3/b10-9+/t14-,15-,16-,17-,18-,19-,20+,21-/m1/s1. The minimum Gasteiger partial charge on any atom is -0.393 e. The van der Waals surface area contributed by atoms with Crippen LogP contribution >= 0.6 is 0 Å². The van der Waals surface area contributed by atoms with Gasteiger partial charge in [0.25, 0.3) is 0 Å². The highest BCUT2D eigenvalue weighted by molar-refractivity contribution is 4.89. The summed E-state index contributed by atoms with van der Waals surface area (Å²) in [5, 5.41) is 31.2. The average Bonchev–Trinajstić information content (AvgIpc) is 2.52. The van der Waals surface area contributed by atoms with Crippen molar-refractivity contribution >= 4 is 0 Å². The minimum absolute atomic E-state index is 0.130. The van der Waals surface area contributed by atoms with Crippen LogP contribution in [0.5, 0.6) is 0 Å². The molecule has 3 N–H and O–H groups in total. The van der Waals surface area contributed by atoms with Crippen molar-refractivity contribution in [2.45, 2.75) is 86.5 Å². The van der Waals surface area contributed by atoms with Gasteiger partial charge in [0.05, 0.1) is 18.3 Å². The van der Waals surface area contributed by atoms with Crippen molar-refractivity contribution in [3.8, 4) is 0 Å². The third kappa shape index (κ3) is 7.67. The SMILES string of the molecule is C/C=C/[C@@H](C)[C@H](O)[C@H](C)C[C@@H](C)[C@H](O)[C@H](C)C[C@@H](C)[C@H](O)C(C)C. The van der Waals surface area contributed by atoms with Gasteiger partial charge in [-0.05, 0) is 49.4 Å². The minimum atomic E-state index is -0.404. The first-order valence-corrected chi connectivity index (χ1v) is 9.69. The maximum atomic E-state index is 10.7. The Bertz CT molecular complexity index is 353. The summed E-state index contributed by atoms with van der Waals surface area (Å²) in [6.45, 7) is 16.3. The zero-order chi connectivity index (χ0) is 19.0. The fraction of sp³-hybridized carbons (Fsp3) is 0.905. The Morgan fingerprint density at radius 1 is 0.625 bits per heavy atom. The largest absolute Gasteiger partial charge is 0.393 e. The molecule has 24 heavy (non-hydrogen) atoms. The van der Waals surface area contributed by atoms with Gasteiger partial charge in [-0.3, -0.25) is 0 Å². The molecule has 3 nitrogen and oxygen atoms in total. The number of hydrogen-bond acceptors (Lipinski definition) is 3. The molecule has 0 aliphatic heterocycles. The van der Waals surface area contributed by atoms with Gasteiger partial charge in [0.15, 0.2) is 0 Å². The smallest absolute Gasteiger partial charge is 0.0625 e. The van der Waals surface area contributed by atoms with Gasteiger partial charge in [-0.1, -0.05) is 60.6 Å². The Kier molecular flexibility index (Phi) is 11.1. The van der Waals surface area contributed by atoms with Gasteiger partial charge in [0.1, 0.15) is 0 Å². The summed E-state index contributed by atoms with van der Waals surface area (Å²) in [5.41, 5.74) is 0. The lowest BCUT2D eigenvalue weighted by Gasteiger charge is -2.32. The first-order chi connectivity index (χ1) is 11.0. The highest BCUT2D eigenvalue weighted by atomic mass is 16.3. The van der Waals surface area contributed by atoms with E-state index in [0.29, 0.717) is 0 Å². The number of allylic oxidation sites excluding steroid dienone is 1. The maximum absolute atomic E-state index is 10.7. The van der Waals surface area contributed by atoms with Crippen molar-refractivity contribution in [2.24, 2.45) is 35.5 Å². The van der Waals surface area contributed by atoms with Gasteiger partial charge in [0, 0.05) is 5.92 Å². The quantitative estimate of drug-likeness (QED) is 0.492. The first-order valence-electron chi connectivity index (χ1n) is 9.69. The molecule has 0 saturated heterocycles. The number of rotatable bonds is 11. The molecule has 0 aromatic rings. The summed E-state index contributed by atoms with van der Waals surface area (Å²) < 4.78 is 0. The van der Waals surface area contributed by atoms with Crippen molar-refractivity contribution in [1.82, 2.24) is 0 Å². The van der Waals surface area contributed by atoms with Crippen molar-refractivity contribution in [2.75, 3.05) is 0 Å². The summed E-state index contributed by atoms with van der Waals surface area (Å²) in [6, 6.07) is 0. The predicted octanol–water partition coefficient (Wildman–Crippen LogP) is 4.26. The van der Waals surface area contributed by atoms with Crippen LogP contribution in [0.2, 0.25) is 0 Å². The maximum Gasteiger partial charge on any atom is 0.0625 e. The van der Waals surface area contributed by atoms with E-state index in [9.17, 15) is 15.3 Å². The van der Waals surface area contributed by atoms with E-state index >= 15 is 0 Å². The van der Waals surface area contributed by atoms with Crippen molar-refractivity contribution in [1.29, 1.82) is 0 Å². The van der Waals surface area contributed by atoms with Gasteiger partial charge in [0.2, 0.25) is 0 Å². The fourth-order valence-corrected chi connectivity index (χ4v) is 3.88. The van der Waals surface area contributed by atoms with E-state index in [2.05, 4.69) is 27.7 Å². The van der Waals surface area contributed by atoms with Crippen LogP contribution in [0.4, 0.5) is 0 Å². The van der Waals surface area contributed by atoms with Gasteiger partial charge >= 0.3 is 0 Å². The molecule has 0 amide bonds. The second-order valence-electron chi connectivity index (χ2n) is 8.48. The van der Waals surface area contributed by atoms with E-state index in [4.69, 9.17) is 0 Å². The Balaban J connectivity index is 4.56. The van der Waals surface area contributed by atoms with Gasteiger partial charge in [-0.25, -0.2) is 0 Å². The highest BCUT2D eigenvalue weighted by Gasteiger charge is 2.29. The van der Waals surface area contributed by atoms with Crippen LogP contribution in [0.15, 0.2) is 12.2 Å². The molecule has 0 rings (SSSR count). The third-order valence-electron chi connectivity index (χ3n) is 5.54. The van der Waals surface area contributed by atoms with Crippen LogP contribution in [-0.4, -0.2) is 33.6 Å². The van der Waals surface area contributed by atoms with E-state index in [0.717, 1.165) is 12.8 Å². The monoisotopic (exact) mass is 342 g/mol. The van der Waals surface area contributed by atoms with Crippen molar-refractivity contribution < 1.29 is 15.3 Å². The molecule has 0 fully saturated rings. The zero-order valence-corrected chi connectivity index (χ0v) is 17.1. The van der Waals surface area contributed by atoms with E-state index in [1.165, 1.54) is 0 Å². The predicted molar refractivity (Wildman–Crippen MR) is 103 cm³/mol. The lowest BCUT2D eigenvalue weighted by Crippen LogP contribution is -2.34. The summed E-state index contributed by atoms with van der Waals surface area (Å²) >= 11 is 0. The van der Waals surface area contributed by atoms with E-state index in [1.54, 1.807) is 0 Å². The molecular weight excluding hydrogens is 300 g/mol. The molecule has 0 aliphatic carbocycles. The van der Waals surface area contributed by atoms with Crippen LogP contribution in [0.25, 0.3) is 0 Å². The Labute approximate surface area is 150 Å². The van der Waals surface area contributed by atoms with Crippen LogP contribution in [0.3, 0.4) is 0 Å². The third-order valence-corrected chi connectivity index (χ3v) is 5.54. The summed E-state index contributed by atoms with van der Waals surface area (Å²) in [5.74, 6) is 0.968. The number of aliphatic hydroxyl groups is 3. The summed E-state index contributed by atoms with van der Waals surface area (Å²) in [6.07, 6.45) is 4.51. The van der Waals surface area contributed by atoms with Crippen LogP contribution in [0, 0.1) is 35.5 Å². The topological polar surface area (TPSA) is 60.7 Å². The lowest BCUT2D eigenvalue weighted by atomic mass is 9.79. The molecule has 144 valence electrons. The normalized spacial score (nSPS) is 22.8. The van der Waals surface area contributed by atoms with Gasteiger partial charge in [-0.15, -0.1) is 0 Å². The molecule has 0 unspecified atom stereocenters. The molecule has 8 atom stereocenters. The Morgan fingerprint density at radius 3 is 1.38 bits per heavy atom. The van der Waals surface area contributed by atoms with Crippen LogP contribution in [0.1, 0.15) is 68.2 Å². The van der Waals surface area contributed by atoms with E-state index in [-0.39, 0.29) is 47.7 Å². The molecule has 0 heterocycles. The summed E-state index contributed by atoms with van der Waals surface area (Å²) in [7, 11) is 0. The molecule has 0 aromatic carbocycles. The first kappa shape index (κ1) is 23.6. The number of hydrogen-bond donors (Lipinski definition) is 3. The second-order valence-corrected chi connectivity index (χ2v) is 8.48. The lowest BCUT2D eigenvalue weighted by molar-refractivity contribution is 0.00505. The average molecular weight is 343 g/mol. The van der Waals surface area contributed by atoms with Crippen molar-refractivity contribution in [3.63, 3.8) is 0 Å².